The third-order valence-electron chi connectivity index (χ3n) is 2.05. The molecule has 3 nitrogen and oxygen atoms in total. The van der Waals surface area contributed by atoms with Gasteiger partial charge in [-0.05, 0) is 32.2 Å². The van der Waals surface area contributed by atoms with Gasteiger partial charge in [0, 0.05) is 7.05 Å². The van der Waals surface area contributed by atoms with E-state index >= 15 is 0 Å². The second-order valence-electron chi connectivity index (χ2n) is 3.19. The first kappa shape index (κ1) is 8.53. The molecule has 0 spiro atoms. The van der Waals surface area contributed by atoms with Crippen molar-refractivity contribution in [3.8, 4) is 0 Å². The van der Waals surface area contributed by atoms with Gasteiger partial charge < -0.3 is 10.6 Å². The molecule has 2 N–H and O–H groups in total. The predicted molar refractivity (Wildman–Crippen MR) is 44.3 cm³/mol. The summed E-state index contributed by atoms with van der Waals surface area (Å²) in [6.45, 7) is 2.88. The molecule has 0 aromatic carbocycles. The van der Waals surface area contributed by atoms with E-state index in [1.807, 2.05) is 6.92 Å². The highest BCUT2D eigenvalue weighted by molar-refractivity contribution is 5.80. The standard InChI is InChI=1S/C8H16N2O/c1-6(8(11)9-2)10-5-7-3-4-7/h6-7,10H,3-5H2,1-2H3,(H,9,11)/t6-/m0/s1. The Bertz CT molecular complexity index is 143. The summed E-state index contributed by atoms with van der Waals surface area (Å²) in [4.78, 5) is 11.0. The number of carbonyl (C=O) groups excluding carboxylic acids is 1. The van der Waals surface area contributed by atoms with E-state index < -0.39 is 0 Å². The molecule has 0 aromatic heterocycles. The number of carbonyl (C=O) groups is 1. The lowest BCUT2D eigenvalue weighted by atomic mass is 10.3. The smallest absolute Gasteiger partial charge is 0.236 e. The zero-order chi connectivity index (χ0) is 8.27. The van der Waals surface area contributed by atoms with Gasteiger partial charge in [-0.15, -0.1) is 0 Å². The van der Waals surface area contributed by atoms with E-state index in [2.05, 4.69) is 10.6 Å². The molecule has 11 heavy (non-hydrogen) atoms. The Balaban J connectivity index is 2.08. The largest absolute Gasteiger partial charge is 0.358 e. The number of nitrogens with one attached hydrogen (secondary N) is 2. The SMILES string of the molecule is CNC(=O)[C@H](C)NCC1CC1. The maximum atomic E-state index is 11.0. The van der Waals surface area contributed by atoms with Crippen molar-refractivity contribution in [1.29, 1.82) is 0 Å². The highest BCUT2D eigenvalue weighted by atomic mass is 16.2. The van der Waals surface area contributed by atoms with Gasteiger partial charge in [0.2, 0.25) is 5.91 Å². The highest BCUT2D eigenvalue weighted by Gasteiger charge is 2.22. The van der Waals surface area contributed by atoms with Crippen LogP contribution >= 0.6 is 0 Å². The van der Waals surface area contributed by atoms with Crippen molar-refractivity contribution < 1.29 is 4.79 Å². The molecule has 1 atom stereocenters. The highest BCUT2D eigenvalue weighted by Crippen LogP contribution is 2.27. The topological polar surface area (TPSA) is 41.1 Å². The van der Waals surface area contributed by atoms with Crippen LogP contribution in [0.4, 0.5) is 0 Å². The van der Waals surface area contributed by atoms with E-state index in [0.29, 0.717) is 0 Å². The van der Waals surface area contributed by atoms with Gasteiger partial charge in [0.15, 0.2) is 0 Å². The van der Waals surface area contributed by atoms with Crippen LogP contribution in [0.25, 0.3) is 0 Å². The van der Waals surface area contributed by atoms with Crippen LogP contribution in [-0.4, -0.2) is 25.5 Å². The molecule has 1 aliphatic rings. The first-order valence-electron chi connectivity index (χ1n) is 4.19. The van der Waals surface area contributed by atoms with Crippen molar-refractivity contribution in [2.24, 2.45) is 5.92 Å². The maximum Gasteiger partial charge on any atom is 0.236 e. The van der Waals surface area contributed by atoms with Gasteiger partial charge in [-0.3, -0.25) is 4.79 Å². The summed E-state index contributed by atoms with van der Waals surface area (Å²) >= 11 is 0. The normalized spacial score (nSPS) is 19.5. The minimum absolute atomic E-state index is 0.0411. The van der Waals surface area contributed by atoms with Crippen LogP contribution in [0.5, 0.6) is 0 Å². The molecule has 0 aliphatic heterocycles. The zero-order valence-corrected chi connectivity index (χ0v) is 7.18. The van der Waals surface area contributed by atoms with Crippen LogP contribution in [0.2, 0.25) is 0 Å². The first-order chi connectivity index (χ1) is 5.24. The Kier molecular flexibility index (Phi) is 2.88. The number of hydrogen-bond acceptors (Lipinski definition) is 2. The van der Waals surface area contributed by atoms with Crippen LogP contribution in [0.1, 0.15) is 19.8 Å². The summed E-state index contributed by atoms with van der Waals surface area (Å²) in [5.74, 6) is 0.910. The fourth-order valence-electron chi connectivity index (χ4n) is 0.975. The minimum Gasteiger partial charge on any atom is -0.358 e. The molecular formula is C8H16N2O. The summed E-state index contributed by atoms with van der Waals surface area (Å²) in [5, 5.41) is 5.79. The molecular weight excluding hydrogens is 140 g/mol. The lowest BCUT2D eigenvalue weighted by Crippen LogP contribution is -2.41. The number of amides is 1. The average Bonchev–Trinajstić information content (AvgIpc) is 2.81. The average molecular weight is 156 g/mol. The Hall–Kier alpha value is -0.570. The van der Waals surface area contributed by atoms with Gasteiger partial charge in [0.25, 0.3) is 0 Å². The van der Waals surface area contributed by atoms with Crippen LogP contribution in [-0.2, 0) is 4.79 Å². The molecule has 1 amide bonds. The van der Waals surface area contributed by atoms with Crippen molar-refractivity contribution in [1.82, 2.24) is 10.6 Å². The van der Waals surface area contributed by atoms with Crippen molar-refractivity contribution >= 4 is 5.91 Å². The van der Waals surface area contributed by atoms with E-state index in [0.717, 1.165) is 12.5 Å². The van der Waals surface area contributed by atoms with E-state index in [1.165, 1.54) is 12.8 Å². The van der Waals surface area contributed by atoms with E-state index in [4.69, 9.17) is 0 Å². The van der Waals surface area contributed by atoms with Crippen molar-refractivity contribution in [2.45, 2.75) is 25.8 Å². The van der Waals surface area contributed by atoms with Gasteiger partial charge in [-0.25, -0.2) is 0 Å². The van der Waals surface area contributed by atoms with Crippen LogP contribution in [0, 0.1) is 5.92 Å². The fourth-order valence-corrected chi connectivity index (χ4v) is 0.975. The van der Waals surface area contributed by atoms with Crippen LogP contribution in [0.3, 0.4) is 0 Å². The van der Waals surface area contributed by atoms with Crippen molar-refractivity contribution in [3.63, 3.8) is 0 Å². The Morgan fingerprint density at radius 3 is 2.73 bits per heavy atom. The van der Waals surface area contributed by atoms with Gasteiger partial charge in [-0.1, -0.05) is 0 Å². The van der Waals surface area contributed by atoms with E-state index in [9.17, 15) is 4.79 Å². The molecule has 0 aromatic rings. The molecule has 1 aliphatic carbocycles. The third-order valence-corrected chi connectivity index (χ3v) is 2.05. The Labute approximate surface area is 67.5 Å². The Morgan fingerprint density at radius 1 is 1.64 bits per heavy atom. The Morgan fingerprint density at radius 2 is 2.27 bits per heavy atom. The lowest BCUT2D eigenvalue weighted by Gasteiger charge is -2.10. The van der Waals surface area contributed by atoms with E-state index in [1.54, 1.807) is 7.05 Å². The fraction of sp³-hybridized carbons (Fsp3) is 0.875. The molecule has 64 valence electrons. The molecule has 0 heterocycles. The van der Waals surface area contributed by atoms with Gasteiger partial charge >= 0.3 is 0 Å². The van der Waals surface area contributed by atoms with Crippen molar-refractivity contribution in [3.05, 3.63) is 0 Å². The zero-order valence-electron chi connectivity index (χ0n) is 7.18. The van der Waals surface area contributed by atoms with Gasteiger partial charge in [0.1, 0.15) is 0 Å². The second kappa shape index (κ2) is 3.72. The summed E-state index contributed by atoms with van der Waals surface area (Å²) in [6.07, 6.45) is 2.65. The van der Waals surface area contributed by atoms with Crippen LogP contribution in [0.15, 0.2) is 0 Å². The number of rotatable bonds is 4. The molecule has 0 radical (unpaired) electrons. The molecule has 1 saturated carbocycles. The maximum absolute atomic E-state index is 11.0. The van der Waals surface area contributed by atoms with E-state index in [-0.39, 0.29) is 11.9 Å². The monoisotopic (exact) mass is 156 g/mol. The molecule has 0 unspecified atom stereocenters. The second-order valence-corrected chi connectivity index (χ2v) is 3.19. The first-order valence-corrected chi connectivity index (χ1v) is 4.19. The minimum atomic E-state index is -0.0411. The molecule has 0 bridgehead atoms. The number of hydrogen-bond donors (Lipinski definition) is 2. The molecule has 0 saturated heterocycles. The number of likely N-dealkylation sites (N-methyl/N-ethyl adjacent to an activating group) is 1. The predicted octanol–water partition coefficient (Wildman–Crippen LogP) is 0.120. The third kappa shape index (κ3) is 2.89. The molecule has 1 fully saturated rings. The van der Waals surface area contributed by atoms with Gasteiger partial charge in [0.05, 0.1) is 6.04 Å². The summed E-state index contributed by atoms with van der Waals surface area (Å²) in [6, 6.07) is -0.0411. The molecule has 3 heteroatoms. The lowest BCUT2D eigenvalue weighted by molar-refractivity contribution is -0.122. The quantitative estimate of drug-likeness (QED) is 0.607. The summed E-state index contributed by atoms with van der Waals surface area (Å²) in [5.41, 5.74) is 0. The van der Waals surface area contributed by atoms with Gasteiger partial charge in [-0.2, -0.15) is 0 Å². The van der Waals surface area contributed by atoms with Crippen LogP contribution < -0.4 is 10.6 Å². The van der Waals surface area contributed by atoms with Crippen molar-refractivity contribution in [2.75, 3.05) is 13.6 Å². The summed E-state index contributed by atoms with van der Waals surface area (Å²) in [7, 11) is 1.66. The molecule has 1 rings (SSSR count). The summed E-state index contributed by atoms with van der Waals surface area (Å²) < 4.78 is 0.